The maximum atomic E-state index is 11.2. The Kier molecular flexibility index (Phi) is 1.85. The molecule has 1 aromatic carbocycles. The van der Waals surface area contributed by atoms with Gasteiger partial charge in [-0.05, 0) is 13.0 Å². The lowest BCUT2D eigenvalue weighted by atomic mass is 10.1. The summed E-state index contributed by atoms with van der Waals surface area (Å²) in [5, 5.41) is 2.80. The molecule has 0 unspecified atom stereocenters. The van der Waals surface area contributed by atoms with Gasteiger partial charge in [0.15, 0.2) is 0 Å². The van der Waals surface area contributed by atoms with Gasteiger partial charge in [0.1, 0.15) is 6.54 Å². The number of amides is 1. The molecule has 0 saturated heterocycles. The van der Waals surface area contributed by atoms with Crippen molar-refractivity contribution in [3.63, 3.8) is 0 Å². The summed E-state index contributed by atoms with van der Waals surface area (Å²) in [5.74, 6) is -0.0516. The van der Waals surface area contributed by atoms with Crippen molar-refractivity contribution in [2.75, 3.05) is 11.9 Å². The molecular formula is C10H10N2O. The minimum Gasteiger partial charge on any atom is -0.324 e. The molecule has 3 heteroatoms. The van der Waals surface area contributed by atoms with Gasteiger partial charge in [-0.25, -0.2) is 0 Å². The third kappa shape index (κ3) is 1.45. The Hall–Kier alpha value is -1.64. The van der Waals surface area contributed by atoms with Crippen LogP contribution in [0, 0.1) is 0 Å². The van der Waals surface area contributed by atoms with E-state index in [1.165, 1.54) is 0 Å². The molecule has 0 bridgehead atoms. The van der Waals surface area contributed by atoms with Crippen LogP contribution in [0.4, 0.5) is 5.69 Å². The number of carbonyl (C=O) groups is 1. The molecule has 0 aliphatic carbocycles. The van der Waals surface area contributed by atoms with Crippen LogP contribution in [0.3, 0.4) is 0 Å². The molecule has 1 N–H and O–H groups in total. The van der Waals surface area contributed by atoms with E-state index < -0.39 is 0 Å². The van der Waals surface area contributed by atoms with Crippen molar-refractivity contribution in [1.82, 2.24) is 0 Å². The number of aliphatic imine (C=N–C) groups is 1. The Morgan fingerprint density at radius 3 is 3.00 bits per heavy atom. The van der Waals surface area contributed by atoms with Gasteiger partial charge in [0.2, 0.25) is 5.91 Å². The number of benzodiazepines with no additional fused rings is 1. The Balaban J connectivity index is 2.55. The molecule has 3 nitrogen and oxygen atoms in total. The van der Waals surface area contributed by atoms with Crippen LogP contribution >= 0.6 is 0 Å². The molecule has 1 heterocycles. The molecule has 1 aromatic rings. The lowest BCUT2D eigenvalue weighted by molar-refractivity contribution is -0.114. The van der Waals surface area contributed by atoms with Crippen LogP contribution < -0.4 is 5.32 Å². The SMILES string of the molecule is CC1=NCC(=O)Nc2ccccc21. The van der Waals surface area contributed by atoms with Gasteiger partial charge in [0.05, 0.1) is 0 Å². The fraction of sp³-hybridized carbons (Fsp3) is 0.200. The largest absolute Gasteiger partial charge is 0.324 e. The first-order chi connectivity index (χ1) is 6.27. The Morgan fingerprint density at radius 2 is 2.15 bits per heavy atom. The lowest BCUT2D eigenvalue weighted by Gasteiger charge is -2.04. The van der Waals surface area contributed by atoms with E-state index in [0.717, 1.165) is 17.0 Å². The Labute approximate surface area is 76.5 Å². The summed E-state index contributed by atoms with van der Waals surface area (Å²) in [5.41, 5.74) is 2.77. The molecule has 0 saturated carbocycles. The third-order valence-corrected chi connectivity index (χ3v) is 2.05. The van der Waals surface area contributed by atoms with Crippen molar-refractivity contribution in [3.05, 3.63) is 29.8 Å². The quantitative estimate of drug-likeness (QED) is 0.635. The molecule has 0 aromatic heterocycles. The van der Waals surface area contributed by atoms with Crippen LogP contribution in [-0.2, 0) is 4.79 Å². The number of carbonyl (C=O) groups excluding carboxylic acids is 1. The van der Waals surface area contributed by atoms with E-state index in [4.69, 9.17) is 0 Å². The highest BCUT2D eigenvalue weighted by Crippen LogP contribution is 2.17. The summed E-state index contributed by atoms with van der Waals surface area (Å²) >= 11 is 0. The second-order valence-electron chi connectivity index (χ2n) is 3.00. The summed E-state index contributed by atoms with van der Waals surface area (Å²) in [7, 11) is 0. The first-order valence-electron chi connectivity index (χ1n) is 4.17. The molecule has 1 aliphatic heterocycles. The number of nitrogens with zero attached hydrogens (tertiary/aromatic N) is 1. The van der Waals surface area contributed by atoms with E-state index >= 15 is 0 Å². The highest BCUT2D eigenvalue weighted by Gasteiger charge is 2.11. The molecule has 0 atom stereocenters. The Bertz CT molecular complexity index is 382. The third-order valence-electron chi connectivity index (χ3n) is 2.05. The topological polar surface area (TPSA) is 41.5 Å². The van der Waals surface area contributed by atoms with Gasteiger partial charge in [0.25, 0.3) is 0 Å². The Morgan fingerprint density at radius 1 is 1.38 bits per heavy atom. The molecular weight excluding hydrogens is 164 g/mol. The minimum atomic E-state index is -0.0516. The van der Waals surface area contributed by atoms with Gasteiger partial charge >= 0.3 is 0 Å². The number of hydrogen-bond acceptors (Lipinski definition) is 2. The number of nitrogens with one attached hydrogen (secondary N) is 1. The average molecular weight is 174 g/mol. The highest BCUT2D eigenvalue weighted by molar-refractivity contribution is 6.09. The van der Waals surface area contributed by atoms with Crippen molar-refractivity contribution in [3.8, 4) is 0 Å². The first kappa shape index (κ1) is 7.98. The molecule has 66 valence electrons. The van der Waals surface area contributed by atoms with E-state index in [1.54, 1.807) is 0 Å². The standard InChI is InChI=1S/C10H10N2O/c1-7-8-4-2-3-5-9(8)12-10(13)6-11-7/h2-5H,6H2,1H3,(H,12,13). The number of benzene rings is 1. The van der Waals surface area contributed by atoms with E-state index in [0.29, 0.717) is 0 Å². The number of rotatable bonds is 0. The summed E-state index contributed by atoms with van der Waals surface area (Å²) in [4.78, 5) is 15.3. The van der Waals surface area contributed by atoms with Crippen molar-refractivity contribution < 1.29 is 4.79 Å². The second kappa shape index (κ2) is 3.01. The van der Waals surface area contributed by atoms with Crippen molar-refractivity contribution in [2.45, 2.75) is 6.92 Å². The molecule has 1 amide bonds. The van der Waals surface area contributed by atoms with Crippen molar-refractivity contribution >= 4 is 17.3 Å². The predicted octanol–water partition coefficient (Wildman–Crippen LogP) is 1.45. The monoisotopic (exact) mass is 174 g/mol. The summed E-state index contributed by atoms with van der Waals surface area (Å²) in [6.45, 7) is 2.14. The number of fused-ring (bicyclic) bond motifs is 1. The van der Waals surface area contributed by atoms with E-state index in [1.807, 2.05) is 31.2 Å². The molecule has 1 aliphatic rings. The van der Waals surface area contributed by atoms with Crippen LogP contribution in [0.2, 0.25) is 0 Å². The predicted molar refractivity (Wildman–Crippen MR) is 52.1 cm³/mol. The lowest BCUT2D eigenvalue weighted by Crippen LogP contribution is -2.13. The summed E-state index contributed by atoms with van der Waals surface area (Å²) < 4.78 is 0. The first-order valence-corrected chi connectivity index (χ1v) is 4.17. The van der Waals surface area contributed by atoms with Gasteiger partial charge in [-0.2, -0.15) is 0 Å². The molecule has 0 radical (unpaired) electrons. The molecule has 0 spiro atoms. The van der Waals surface area contributed by atoms with Gasteiger partial charge in [-0.1, -0.05) is 18.2 Å². The summed E-state index contributed by atoms with van der Waals surface area (Å²) in [6.07, 6.45) is 0. The van der Waals surface area contributed by atoms with Crippen molar-refractivity contribution in [2.24, 2.45) is 4.99 Å². The van der Waals surface area contributed by atoms with Crippen LogP contribution in [0.1, 0.15) is 12.5 Å². The highest BCUT2D eigenvalue weighted by atomic mass is 16.1. The fourth-order valence-electron chi connectivity index (χ4n) is 1.37. The van der Waals surface area contributed by atoms with Crippen LogP contribution in [-0.4, -0.2) is 18.2 Å². The van der Waals surface area contributed by atoms with Gasteiger partial charge in [-0.3, -0.25) is 9.79 Å². The van der Waals surface area contributed by atoms with Gasteiger partial charge in [0, 0.05) is 17.0 Å². The molecule has 0 fully saturated rings. The van der Waals surface area contributed by atoms with Gasteiger partial charge in [-0.15, -0.1) is 0 Å². The van der Waals surface area contributed by atoms with E-state index in [9.17, 15) is 4.79 Å². The minimum absolute atomic E-state index is 0.0516. The number of anilines is 1. The number of para-hydroxylation sites is 1. The summed E-state index contributed by atoms with van der Waals surface area (Å²) in [6, 6.07) is 7.68. The second-order valence-corrected chi connectivity index (χ2v) is 3.00. The van der Waals surface area contributed by atoms with Crippen LogP contribution in [0.25, 0.3) is 0 Å². The maximum Gasteiger partial charge on any atom is 0.246 e. The number of hydrogen-bond donors (Lipinski definition) is 1. The molecule has 2 rings (SSSR count). The smallest absolute Gasteiger partial charge is 0.246 e. The zero-order chi connectivity index (χ0) is 9.26. The van der Waals surface area contributed by atoms with E-state index in [-0.39, 0.29) is 12.5 Å². The van der Waals surface area contributed by atoms with Crippen LogP contribution in [0.5, 0.6) is 0 Å². The van der Waals surface area contributed by atoms with E-state index in [2.05, 4.69) is 10.3 Å². The fourth-order valence-corrected chi connectivity index (χ4v) is 1.37. The average Bonchev–Trinajstić information content (AvgIpc) is 2.27. The maximum absolute atomic E-state index is 11.2. The molecule has 13 heavy (non-hydrogen) atoms. The van der Waals surface area contributed by atoms with Gasteiger partial charge < -0.3 is 5.32 Å². The zero-order valence-electron chi connectivity index (χ0n) is 7.37. The van der Waals surface area contributed by atoms with Crippen LogP contribution in [0.15, 0.2) is 29.3 Å². The normalized spacial score (nSPS) is 15.5. The zero-order valence-corrected chi connectivity index (χ0v) is 7.37. The van der Waals surface area contributed by atoms with Crippen molar-refractivity contribution in [1.29, 1.82) is 0 Å².